The molecule has 1 saturated carbocycles. The van der Waals surface area contributed by atoms with Gasteiger partial charge in [-0.25, -0.2) is 19.3 Å². The van der Waals surface area contributed by atoms with E-state index < -0.39 is 9.84 Å². The van der Waals surface area contributed by atoms with E-state index in [9.17, 15) is 8.42 Å². The second kappa shape index (κ2) is 6.94. The van der Waals surface area contributed by atoms with Crippen LogP contribution in [-0.4, -0.2) is 50.9 Å². The van der Waals surface area contributed by atoms with Crippen LogP contribution in [0.4, 0.5) is 0 Å². The van der Waals surface area contributed by atoms with Gasteiger partial charge in [-0.1, -0.05) is 19.3 Å². The molecule has 6 nitrogen and oxygen atoms in total. The van der Waals surface area contributed by atoms with E-state index in [2.05, 4.69) is 10.4 Å². The van der Waals surface area contributed by atoms with Crippen LogP contribution in [0, 0.1) is 0 Å². The average Bonchev–Trinajstić information content (AvgIpc) is 2.33. The van der Waals surface area contributed by atoms with Crippen molar-refractivity contribution in [2.24, 2.45) is 10.8 Å². The molecule has 106 valence electrons. The Bertz CT molecular complexity index is 375. The van der Waals surface area contributed by atoms with Crippen LogP contribution in [0.3, 0.4) is 0 Å². The SMILES string of the molecule is CN(CCS(C)(=O)=O)C(=NC1CCCCC1)NN. The molecule has 0 aromatic heterocycles. The third-order valence-electron chi connectivity index (χ3n) is 3.17. The minimum Gasteiger partial charge on any atom is -0.344 e. The summed E-state index contributed by atoms with van der Waals surface area (Å²) in [4.78, 5) is 6.33. The van der Waals surface area contributed by atoms with Gasteiger partial charge in [-0.2, -0.15) is 0 Å². The molecular weight excluding hydrogens is 252 g/mol. The molecule has 0 aromatic carbocycles. The van der Waals surface area contributed by atoms with Gasteiger partial charge in [0, 0.05) is 19.8 Å². The molecule has 0 aliphatic heterocycles. The van der Waals surface area contributed by atoms with Crippen LogP contribution in [0.25, 0.3) is 0 Å². The molecule has 0 bridgehead atoms. The van der Waals surface area contributed by atoms with Crippen LogP contribution in [0.15, 0.2) is 4.99 Å². The Morgan fingerprint density at radius 2 is 2.00 bits per heavy atom. The van der Waals surface area contributed by atoms with Crippen molar-refractivity contribution in [3.8, 4) is 0 Å². The number of hydrogen-bond acceptors (Lipinski definition) is 4. The van der Waals surface area contributed by atoms with Crippen LogP contribution in [0.5, 0.6) is 0 Å². The number of hydrogen-bond donors (Lipinski definition) is 2. The highest BCUT2D eigenvalue weighted by Crippen LogP contribution is 2.20. The summed E-state index contributed by atoms with van der Waals surface area (Å²) in [6, 6.07) is 0.311. The van der Waals surface area contributed by atoms with Gasteiger partial charge in [0.25, 0.3) is 0 Å². The molecule has 7 heteroatoms. The number of guanidine groups is 1. The molecule has 18 heavy (non-hydrogen) atoms. The molecular formula is C11H24N4O2S. The Morgan fingerprint density at radius 1 is 1.39 bits per heavy atom. The number of nitrogens with one attached hydrogen (secondary N) is 1. The zero-order valence-electron chi connectivity index (χ0n) is 11.2. The Balaban J connectivity index is 2.55. The highest BCUT2D eigenvalue weighted by atomic mass is 32.2. The van der Waals surface area contributed by atoms with E-state index >= 15 is 0 Å². The van der Waals surface area contributed by atoms with Gasteiger partial charge in [-0.15, -0.1) is 0 Å². The highest BCUT2D eigenvalue weighted by Gasteiger charge is 2.15. The van der Waals surface area contributed by atoms with Gasteiger partial charge < -0.3 is 4.90 Å². The first-order chi connectivity index (χ1) is 8.42. The summed E-state index contributed by atoms with van der Waals surface area (Å²) >= 11 is 0. The smallest absolute Gasteiger partial charge is 0.208 e. The Labute approximate surface area is 110 Å². The fourth-order valence-corrected chi connectivity index (χ4v) is 2.64. The number of aliphatic imine (C=N–C) groups is 1. The summed E-state index contributed by atoms with van der Waals surface area (Å²) in [5.74, 6) is 6.14. The minimum absolute atomic E-state index is 0.106. The van der Waals surface area contributed by atoms with Crippen LogP contribution >= 0.6 is 0 Å². The van der Waals surface area contributed by atoms with Crippen molar-refractivity contribution in [3.05, 3.63) is 0 Å². The van der Waals surface area contributed by atoms with Gasteiger partial charge in [0.15, 0.2) is 0 Å². The summed E-state index contributed by atoms with van der Waals surface area (Å²) in [6.45, 7) is 0.397. The van der Waals surface area contributed by atoms with Crippen LogP contribution < -0.4 is 11.3 Å². The second-order valence-electron chi connectivity index (χ2n) is 4.94. The predicted molar refractivity (Wildman–Crippen MR) is 74.0 cm³/mol. The van der Waals surface area contributed by atoms with Crippen LogP contribution in [0.2, 0.25) is 0 Å². The molecule has 1 aliphatic rings. The number of rotatable bonds is 4. The maximum absolute atomic E-state index is 11.1. The van der Waals surface area contributed by atoms with E-state index in [0.29, 0.717) is 18.5 Å². The van der Waals surface area contributed by atoms with Gasteiger partial charge in [0.1, 0.15) is 9.84 Å². The van der Waals surface area contributed by atoms with Crippen molar-refractivity contribution in [2.75, 3.05) is 25.6 Å². The van der Waals surface area contributed by atoms with E-state index in [1.807, 2.05) is 0 Å². The summed E-state index contributed by atoms with van der Waals surface area (Å²) in [7, 11) is -1.16. The van der Waals surface area contributed by atoms with E-state index in [1.54, 1.807) is 11.9 Å². The van der Waals surface area contributed by atoms with Gasteiger partial charge >= 0.3 is 0 Å². The van der Waals surface area contributed by atoms with Crippen LogP contribution in [-0.2, 0) is 9.84 Å². The number of sulfone groups is 1. The number of nitrogens with two attached hydrogens (primary N) is 1. The molecule has 0 saturated heterocycles. The molecule has 1 aliphatic carbocycles. The Morgan fingerprint density at radius 3 is 2.50 bits per heavy atom. The lowest BCUT2D eigenvalue weighted by Crippen LogP contribution is -2.45. The fraction of sp³-hybridized carbons (Fsp3) is 0.909. The Hall–Kier alpha value is -0.820. The quantitative estimate of drug-likeness (QED) is 0.329. The van der Waals surface area contributed by atoms with Gasteiger partial charge in [0.05, 0.1) is 11.8 Å². The molecule has 0 amide bonds. The normalized spacial score (nSPS) is 18.7. The fourth-order valence-electron chi connectivity index (χ4n) is 2.04. The molecule has 1 fully saturated rings. The molecule has 0 radical (unpaired) electrons. The maximum atomic E-state index is 11.1. The summed E-state index contributed by atoms with van der Waals surface area (Å²) < 4.78 is 22.2. The van der Waals surface area contributed by atoms with Crippen molar-refractivity contribution in [2.45, 2.75) is 38.1 Å². The summed E-state index contributed by atoms with van der Waals surface area (Å²) in [6.07, 6.45) is 7.10. The Kier molecular flexibility index (Phi) is 5.87. The molecule has 0 spiro atoms. The third-order valence-corrected chi connectivity index (χ3v) is 4.09. The van der Waals surface area contributed by atoms with Crippen molar-refractivity contribution in [1.82, 2.24) is 10.3 Å². The molecule has 0 aromatic rings. The third kappa shape index (κ3) is 5.68. The maximum Gasteiger partial charge on any atom is 0.208 e. The first-order valence-electron chi connectivity index (χ1n) is 6.35. The summed E-state index contributed by atoms with van der Waals surface area (Å²) in [5.41, 5.74) is 2.57. The molecule has 0 atom stereocenters. The molecule has 0 heterocycles. The topological polar surface area (TPSA) is 87.8 Å². The van der Waals surface area contributed by atoms with Crippen molar-refractivity contribution in [3.63, 3.8) is 0 Å². The molecule has 0 unspecified atom stereocenters. The monoisotopic (exact) mass is 276 g/mol. The van der Waals surface area contributed by atoms with Gasteiger partial charge in [0.2, 0.25) is 5.96 Å². The van der Waals surface area contributed by atoms with Crippen molar-refractivity contribution in [1.29, 1.82) is 0 Å². The van der Waals surface area contributed by atoms with Gasteiger partial charge in [-0.3, -0.25) is 5.43 Å². The average molecular weight is 276 g/mol. The summed E-state index contributed by atoms with van der Waals surface area (Å²) in [5, 5.41) is 0. The number of hydrazine groups is 1. The van der Waals surface area contributed by atoms with E-state index in [0.717, 1.165) is 12.8 Å². The van der Waals surface area contributed by atoms with E-state index in [-0.39, 0.29) is 5.75 Å². The van der Waals surface area contributed by atoms with Crippen LogP contribution in [0.1, 0.15) is 32.1 Å². The first-order valence-corrected chi connectivity index (χ1v) is 8.41. The predicted octanol–water partition coefficient (Wildman–Crippen LogP) is 0.115. The zero-order chi connectivity index (χ0) is 13.6. The lowest BCUT2D eigenvalue weighted by atomic mass is 9.96. The first kappa shape index (κ1) is 15.2. The lowest BCUT2D eigenvalue weighted by molar-refractivity contribution is 0.429. The molecule has 3 N–H and O–H groups in total. The van der Waals surface area contributed by atoms with E-state index in [1.165, 1.54) is 25.5 Å². The zero-order valence-corrected chi connectivity index (χ0v) is 12.0. The second-order valence-corrected chi connectivity index (χ2v) is 7.20. The van der Waals surface area contributed by atoms with E-state index in [4.69, 9.17) is 5.84 Å². The van der Waals surface area contributed by atoms with Crippen molar-refractivity contribution >= 4 is 15.8 Å². The number of nitrogens with zero attached hydrogens (tertiary/aromatic N) is 2. The minimum atomic E-state index is -2.96. The van der Waals surface area contributed by atoms with Gasteiger partial charge in [-0.05, 0) is 12.8 Å². The lowest BCUT2D eigenvalue weighted by Gasteiger charge is -2.24. The highest BCUT2D eigenvalue weighted by molar-refractivity contribution is 7.90. The molecule has 1 rings (SSSR count). The standard InChI is InChI=1S/C11H24N4O2S/c1-15(8-9-18(2,16)17)11(14-12)13-10-6-4-3-5-7-10/h10H,3-9,12H2,1-2H3,(H,13,14). The largest absolute Gasteiger partial charge is 0.344 e. The van der Waals surface area contributed by atoms with Crippen molar-refractivity contribution < 1.29 is 8.42 Å².